The molecule has 1 unspecified atom stereocenters. The molecule has 1 aliphatic carbocycles. The average Bonchev–Trinajstić information content (AvgIpc) is 2.69. The van der Waals surface area contributed by atoms with E-state index in [9.17, 15) is 0 Å². The standard InChI is InChI=1S/C7H14.C7H16/c1-2-7-5-3-4-6-7;1-5-7(4)6(2)3/h7H,2-6H2,1H3;6-7H,5H2,1-4H3. The molecule has 0 heterocycles. The van der Waals surface area contributed by atoms with E-state index in [0.717, 1.165) is 17.8 Å². The molecule has 0 radical (unpaired) electrons. The lowest BCUT2D eigenvalue weighted by Crippen LogP contribution is -2.00. The monoisotopic (exact) mass is 198 g/mol. The van der Waals surface area contributed by atoms with Gasteiger partial charge in [0.15, 0.2) is 0 Å². The highest BCUT2D eigenvalue weighted by Gasteiger charge is 2.11. The Morgan fingerprint density at radius 3 is 1.64 bits per heavy atom. The minimum Gasteiger partial charge on any atom is -0.0651 e. The van der Waals surface area contributed by atoms with E-state index in [1.54, 1.807) is 0 Å². The van der Waals surface area contributed by atoms with Crippen molar-refractivity contribution >= 4 is 0 Å². The second-order valence-corrected chi connectivity index (χ2v) is 5.19. The topological polar surface area (TPSA) is 0 Å². The zero-order valence-electron chi connectivity index (χ0n) is 11.0. The minimum absolute atomic E-state index is 0.866. The SMILES string of the molecule is CCC(C)C(C)C.CCC1CCCC1. The molecule has 1 saturated carbocycles. The summed E-state index contributed by atoms with van der Waals surface area (Å²) in [5, 5.41) is 0. The molecule has 0 bridgehead atoms. The van der Waals surface area contributed by atoms with Gasteiger partial charge in [0.2, 0.25) is 0 Å². The lowest BCUT2D eigenvalue weighted by Gasteiger charge is -2.10. The minimum atomic E-state index is 0.866. The van der Waals surface area contributed by atoms with Gasteiger partial charge in [0.05, 0.1) is 0 Å². The van der Waals surface area contributed by atoms with Crippen LogP contribution in [0.2, 0.25) is 0 Å². The first-order chi connectivity index (χ1) is 6.61. The molecular weight excluding hydrogens is 168 g/mol. The van der Waals surface area contributed by atoms with Gasteiger partial charge in [-0.3, -0.25) is 0 Å². The fourth-order valence-corrected chi connectivity index (χ4v) is 1.89. The van der Waals surface area contributed by atoms with Gasteiger partial charge < -0.3 is 0 Å². The number of rotatable bonds is 3. The number of hydrogen-bond donors (Lipinski definition) is 0. The summed E-state index contributed by atoms with van der Waals surface area (Å²) in [5.41, 5.74) is 0. The summed E-state index contributed by atoms with van der Waals surface area (Å²) in [6.45, 7) is 11.4. The van der Waals surface area contributed by atoms with Gasteiger partial charge in [0, 0.05) is 0 Å². The first kappa shape index (κ1) is 14.0. The molecular formula is C14H30. The molecule has 0 aromatic heterocycles. The summed E-state index contributed by atoms with van der Waals surface area (Å²) in [6.07, 6.45) is 8.75. The fourth-order valence-electron chi connectivity index (χ4n) is 1.89. The van der Waals surface area contributed by atoms with Crippen LogP contribution in [0.4, 0.5) is 0 Å². The Morgan fingerprint density at radius 1 is 1.00 bits per heavy atom. The summed E-state index contributed by atoms with van der Waals surface area (Å²) in [4.78, 5) is 0. The molecule has 0 spiro atoms. The van der Waals surface area contributed by atoms with E-state index in [2.05, 4.69) is 34.6 Å². The van der Waals surface area contributed by atoms with Crippen LogP contribution in [0.3, 0.4) is 0 Å². The molecule has 1 rings (SSSR count). The van der Waals surface area contributed by atoms with Crippen molar-refractivity contribution in [1.82, 2.24) is 0 Å². The Balaban J connectivity index is 0.000000241. The van der Waals surface area contributed by atoms with Crippen LogP contribution in [-0.2, 0) is 0 Å². The Kier molecular flexibility index (Phi) is 8.32. The molecule has 14 heavy (non-hydrogen) atoms. The third kappa shape index (κ3) is 6.45. The van der Waals surface area contributed by atoms with Crippen LogP contribution < -0.4 is 0 Å². The maximum atomic E-state index is 2.30. The summed E-state index contributed by atoms with van der Waals surface area (Å²) >= 11 is 0. The lowest BCUT2D eigenvalue weighted by atomic mass is 9.96. The molecule has 0 aliphatic heterocycles. The normalized spacial score (nSPS) is 19.3. The summed E-state index contributed by atoms with van der Waals surface area (Å²) in [5.74, 6) is 2.87. The van der Waals surface area contributed by atoms with Gasteiger partial charge >= 0.3 is 0 Å². The van der Waals surface area contributed by atoms with Gasteiger partial charge in [-0.05, 0) is 17.8 Å². The van der Waals surface area contributed by atoms with Crippen LogP contribution in [-0.4, -0.2) is 0 Å². The Morgan fingerprint density at radius 2 is 1.50 bits per heavy atom. The van der Waals surface area contributed by atoms with E-state index in [1.165, 1.54) is 38.5 Å². The molecule has 1 atom stereocenters. The van der Waals surface area contributed by atoms with Gasteiger partial charge in [-0.2, -0.15) is 0 Å². The Hall–Kier alpha value is 0. The van der Waals surface area contributed by atoms with Gasteiger partial charge in [-0.25, -0.2) is 0 Å². The smallest absolute Gasteiger partial charge is 0.0417 e. The van der Waals surface area contributed by atoms with Crippen LogP contribution >= 0.6 is 0 Å². The highest BCUT2D eigenvalue weighted by molar-refractivity contribution is 4.64. The van der Waals surface area contributed by atoms with Crippen LogP contribution in [0.1, 0.15) is 73.1 Å². The molecule has 0 amide bonds. The molecule has 0 saturated heterocycles. The first-order valence-corrected chi connectivity index (χ1v) is 6.61. The third-order valence-corrected chi connectivity index (χ3v) is 3.83. The van der Waals surface area contributed by atoms with Crippen molar-refractivity contribution < 1.29 is 0 Å². The van der Waals surface area contributed by atoms with Crippen LogP contribution in [0.5, 0.6) is 0 Å². The fraction of sp³-hybridized carbons (Fsp3) is 1.00. The lowest BCUT2D eigenvalue weighted by molar-refractivity contribution is 0.407. The molecule has 86 valence electrons. The van der Waals surface area contributed by atoms with Crippen molar-refractivity contribution in [3.8, 4) is 0 Å². The van der Waals surface area contributed by atoms with E-state index >= 15 is 0 Å². The summed E-state index contributed by atoms with van der Waals surface area (Å²) < 4.78 is 0. The van der Waals surface area contributed by atoms with Gasteiger partial charge in [-0.15, -0.1) is 0 Å². The molecule has 0 nitrogen and oxygen atoms in total. The molecule has 1 fully saturated rings. The van der Waals surface area contributed by atoms with Crippen molar-refractivity contribution in [2.45, 2.75) is 73.1 Å². The third-order valence-electron chi connectivity index (χ3n) is 3.83. The second kappa shape index (κ2) is 8.32. The predicted molar refractivity (Wildman–Crippen MR) is 66.5 cm³/mol. The Labute approximate surface area is 91.5 Å². The highest BCUT2D eigenvalue weighted by Crippen LogP contribution is 2.26. The van der Waals surface area contributed by atoms with Crippen molar-refractivity contribution in [2.24, 2.45) is 17.8 Å². The van der Waals surface area contributed by atoms with E-state index in [-0.39, 0.29) is 0 Å². The summed E-state index contributed by atoms with van der Waals surface area (Å²) in [7, 11) is 0. The van der Waals surface area contributed by atoms with E-state index in [1.807, 2.05) is 0 Å². The maximum Gasteiger partial charge on any atom is -0.0417 e. The molecule has 0 heteroatoms. The zero-order chi connectivity index (χ0) is 11.0. The van der Waals surface area contributed by atoms with Gasteiger partial charge in [-0.1, -0.05) is 73.1 Å². The molecule has 1 aliphatic rings. The van der Waals surface area contributed by atoms with Crippen molar-refractivity contribution in [2.75, 3.05) is 0 Å². The zero-order valence-corrected chi connectivity index (χ0v) is 11.0. The molecule has 0 N–H and O–H groups in total. The van der Waals surface area contributed by atoms with E-state index < -0.39 is 0 Å². The second-order valence-electron chi connectivity index (χ2n) is 5.19. The van der Waals surface area contributed by atoms with E-state index in [4.69, 9.17) is 0 Å². The molecule has 0 aromatic carbocycles. The van der Waals surface area contributed by atoms with Crippen LogP contribution in [0.25, 0.3) is 0 Å². The van der Waals surface area contributed by atoms with Crippen molar-refractivity contribution in [3.63, 3.8) is 0 Å². The predicted octanol–water partition coefficient (Wildman–Crippen LogP) is 5.28. The largest absolute Gasteiger partial charge is 0.0651 e. The first-order valence-electron chi connectivity index (χ1n) is 6.61. The van der Waals surface area contributed by atoms with Crippen LogP contribution in [0.15, 0.2) is 0 Å². The highest BCUT2D eigenvalue weighted by atomic mass is 14.2. The Bertz CT molecular complexity index is 107. The van der Waals surface area contributed by atoms with Crippen LogP contribution in [0, 0.1) is 17.8 Å². The average molecular weight is 198 g/mol. The van der Waals surface area contributed by atoms with E-state index in [0.29, 0.717) is 0 Å². The van der Waals surface area contributed by atoms with Crippen molar-refractivity contribution in [1.29, 1.82) is 0 Å². The maximum absolute atomic E-state index is 2.30. The summed E-state index contributed by atoms with van der Waals surface area (Å²) in [6, 6.07) is 0. The number of hydrogen-bond acceptors (Lipinski definition) is 0. The quantitative estimate of drug-likeness (QED) is 0.579. The van der Waals surface area contributed by atoms with Gasteiger partial charge in [0.1, 0.15) is 0 Å². The van der Waals surface area contributed by atoms with Gasteiger partial charge in [0.25, 0.3) is 0 Å². The molecule has 0 aromatic rings. The van der Waals surface area contributed by atoms with Crippen molar-refractivity contribution in [3.05, 3.63) is 0 Å².